The molecule has 19 heavy (non-hydrogen) atoms. The Labute approximate surface area is 124 Å². The van der Waals surface area contributed by atoms with Crippen molar-refractivity contribution in [3.8, 4) is 5.75 Å². The third kappa shape index (κ3) is 2.40. The van der Waals surface area contributed by atoms with Crippen molar-refractivity contribution in [1.82, 2.24) is 4.98 Å². The third-order valence-corrected chi connectivity index (χ3v) is 3.86. The highest BCUT2D eigenvalue weighted by Crippen LogP contribution is 2.35. The molecule has 4 nitrogen and oxygen atoms in total. The molecule has 0 unspecified atom stereocenters. The zero-order valence-corrected chi connectivity index (χ0v) is 12.8. The fourth-order valence-electron chi connectivity index (χ4n) is 1.94. The minimum Gasteiger partial charge on any atom is -0.495 e. The number of nitrogens with zero attached hydrogens (tertiary/aromatic N) is 1. The monoisotopic (exact) mass is 342 g/mol. The standard InChI is InChI=1S/C13H12BrClN2O2/c1-3-8-11(13(16)18)12(15)6-4-7(14)10(19-2)5-9(6)17-8/h4-5H,3H2,1-2H3,(H2,16,18). The summed E-state index contributed by atoms with van der Waals surface area (Å²) in [5, 5.41) is 0.998. The fourth-order valence-corrected chi connectivity index (χ4v) is 2.80. The number of methoxy groups -OCH3 is 1. The molecule has 0 bridgehead atoms. The summed E-state index contributed by atoms with van der Waals surface area (Å²) < 4.78 is 5.96. The van der Waals surface area contributed by atoms with Crippen molar-refractivity contribution in [3.63, 3.8) is 0 Å². The minimum absolute atomic E-state index is 0.286. The van der Waals surface area contributed by atoms with Crippen LogP contribution in [0.4, 0.5) is 0 Å². The number of nitrogens with two attached hydrogens (primary N) is 1. The summed E-state index contributed by atoms with van der Waals surface area (Å²) in [7, 11) is 1.58. The summed E-state index contributed by atoms with van der Waals surface area (Å²) in [4.78, 5) is 16.0. The van der Waals surface area contributed by atoms with E-state index in [4.69, 9.17) is 22.1 Å². The zero-order chi connectivity index (χ0) is 14.2. The van der Waals surface area contributed by atoms with E-state index in [0.29, 0.717) is 33.8 Å². The molecule has 100 valence electrons. The van der Waals surface area contributed by atoms with Gasteiger partial charge in [0.05, 0.1) is 33.4 Å². The van der Waals surface area contributed by atoms with Gasteiger partial charge in [0.2, 0.25) is 0 Å². The van der Waals surface area contributed by atoms with Crippen LogP contribution in [-0.4, -0.2) is 18.0 Å². The Morgan fingerprint density at radius 1 is 1.53 bits per heavy atom. The van der Waals surface area contributed by atoms with Crippen LogP contribution in [0, 0.1) is 0 Å². The second-order valence-electron chi connectivity index (χ2n) is 3.97. The number of carbonyl (C=O) groups excluding carboxylic acids is 1. The van der Waals surface area contributed by atoms with Gasteiger partial charge in [0.25, 0.3) is 5.91 Å². The maximum absolute atomic E-state index is 11.5. The summed E-state index contributed by atoms with van der Waals surface area (Å²) in [6, 6.07) is 3.55. The first-order valence-corrected chi connectivity index (χ1v) is 6.82. The van der Waals surface area contributed by atoms with E-state index in [0.717, 1.165) is 4.47 Å². The average Bonchev–Trinajstić information content (AvgIpc) is 2.38. The molecule has 0 atom stereocenters. The predicted molar refractivity (Wildman–Crippen MR) is 78.9 cm³/mol. The molecule has 0 spiro atoms. The number of amides is 1. The van der Waals surface area contributed by atoms with Gasteiger partial charge >= 0.3 is 0 Å². The average molecular weight is 344 g/mol. The van der Waals surface area contributed by atoms with Crippen LogP contribution in [0.2, 0.25) is 5.02 Å². The molecule has 1 amide bonds. The number of fused-ring (bicyclic) bond motifs is 1. The van der Waals surface area contributed by atoms with Crippen LogP contribution >= 0.6 is 27.5 Å². The van der Waals surface area contributed by atoms with Gasteiger partial charge in [-0.2, -0.15) is 0 Å². The molecular weight excluding hydrogens is 332 g/mol. The molecule has 0 aliphatic heterocycles. The molecule has 0 saturated heterocycles. The number of hydrogen-bond acceptors (Lipinski definition) is 3. The van der Waals surface area contributed by atoms with Gasteiger partial charge in [-0.25, -0.2) is 0 Å². The van der Waals surface area contributed by atoms with Gasteiger partial charge < -0.3 is 10.5 Å². The maximum atomic E-state index is 11.5. The number of pyridine rings is 1. The quantitative estimate of drug-likeness (QED) is 0.929. The molecule has 0 saturated carbocycles. The highest BCUT2D eigenvalue weighted by atomic mass is 79.9. The molecule has 0 aliphatic carbocycles. The number of primary amides is 1. The van der Waals surface area contributed by atoms with Crippen LogP contribution in [0.25, 0.3) is 10.9 Å². The number of aryl methyl sites for hydroxylation is 1. The number of aromatic nitrogens is 1. The van der Waals surface area contributed by atoms with Crippen LogP contribution in [0.5, 0.6) is 5.75 Å². The van der Waals surface area contributed by atoms with Gasteiger partial charge in [-0.15, -0.1) is 0 Å². The van der Waals surface area contributed by atoms with Crippen molar-refractivity contribution in [2.24, 2.45) is 5.73 Å². The Bertz CT molecular complexity index is 673. The molecule has 0 aliphatic rings. The van der Waals surface area contributed by atoms with Crippen molar-refractivity contribution in [3.05, 3.63) is 32.9 Å². The number of carbonyl (C=O) groups is 1. The van der Waals surface area contributed by atoms with Crippen LogP contribution in [0.3, 0.4) is 0 Å². The molecule has 6 heteroatoms. The smallest absolute Gasteiger partial charge is 0.252 e. The molecule has 2 rings (SSSR count). The van der Waals surface area contributed by atoms with Crippen molar-refractivity contribution >= 4 is 44.3 Å². The molecule has 2 aromatic rings. The van der Waals surface area contributed by atoms with Crippen LogP contribution in [0.15, 0.2) is 16.6 Å². The van der Waals surface area contributed by atoms with Crippen LogP contribution in [0.1, 0.15) is 23.0 Å². The molecule has 1 aromatic carbocycles. The van der Waals surface area contributed by atoms with E-state index >= 15 is 0 Å². The first-order chi connectivity index (χ1) is 8.99. The van der Waals surface area contributed by atoms with E-state index in [-0.39, 0.29) is 5.56 Å². The Morgan fingerprint density at radius 3 is 2.74 bits per heavy atom. The Hall–Kier alpha value is -1.33. The van der Waals surface area contributed by atoms with Crippen LogP contribution < -0.4 is 10.5 Å². The predicted octanol–water partition coefficient (Wildman–Crippen LogP) is 3.32. The maximum Gasteiger partial charge on any atom is 0.252 e. The number of rotatable bonds is 3. The Balaban J connectivity index is 2.87. The molecule has 1 aromatic heterocycles. The van der Waals surface area contributed by atoms with E-state index in [1.807, 2.05) is 6.92 Å². The minimum atomic E-state index is -0.566. The van der Waals surface area contributed by atoms with E-state index in [9.17, 15) is 4.79 Å². The number of halogens is 2. The van der Waals surface area contributed by atoms with Crippen molar-refractivity contribution in [1.29, 1.82) is 0 Å². The molecular formula is C13H12BrClN2O2. The first-order valence-electron chi connectivity index (χ1n) is 5.65. The normalized spacial score (nSPS) is 10.7. The lowest BCUT2D eigenvalue weighted by Gasteiger charge is -2.11. The van der Waals surface area contributed by atoms with E-state index in [2.05, 4.69) is 20.9 Å². The lowest BCUT2D eigenvalue weighted by atomic mass is 10.1. The summed E-state index contributed by atoms with van der Waals surface area (Å²) in [5.41, 5.74) is 6.93. The molecule has 1 heterocycles. The van der Waals surface area contributed by atoms with Gasteiger partial charge in [0.15, 0.2) is 0 Å². The van der Waals surface area contributed by atoms with Crippen molar-refractivity contribution in [2.75, 3.05) is 7.11 Å². The highest BCUT2D eigenvalue weighted by molar-refractivity contribution is 9.10. The molecule has 0 fully saturated rings. The summed E-state index contributed by atoms with van der Waals surface area (Å²) in [6.45, 7) is 1.90. The number of ether oxygens (including phenoxy) is 1. The van der Waals surface area contributed by atoms with Gasteiger partial charge in [-0.1, -0.05) is 18.5 Å². The zero-order valence-electron chi connectivity index (χ0n) is 10.5. The summed E-state index contributed by atoms with van der Waals surface area (Å²) in [6.07, 6.45) is 0.576. The Kier molecular flexibility index (Phi) is 3.96. The fraction of sp³-hybridized carbons (Fsp3) is 0.231. The van der Waals surface area contributed by atoms with Gasteiger partial charge in [0, 0.05) is 11.5 Å². The van der Waals surface area contributed by atoms with E-state index in [1.165, 1.54) is 0 Å². The lowest BCUT2D eigenvalue weighted by Crippen LogP contribution is -2.15. The molecule has 0 radical (unpaired) electrons. The largest absolute Gasteiger partial charge is 0.495 e. The summed E-state index contributed by atoms with van der Waals surface area (Å²) >= 11 is 9.67. The second kappa shape index (κ2) is 5.35. The summed E-state index contributed by atoms with van der Waals surface area (Å²) in [5.74, 6) is 0.0909. The van der Waals surface area contributed by atoms with E-state index < -0.39 is 5.91 Å². The highest BCUT2D eigenvalue weighted by Gasteiger charge is 2.18. The first kappa shape index (κ1) is 14.1. The van der Waals surface area contributed by atoms with Crippen LogP contribution in [-0.2, 0) is 6.42 Å². The second-order valence-corrected chi connectivity index (χ2v) is 5.20. The van der Waals surface area contributed by atoms with Gasteiger partial charge in [-0.3, -0.25) is 9.78 Å². The number of hydrogen-bond donors (Lipinski definition) is 1. The van der Waals surface area contributed by atoms with Gasteiger partial charge in [-0.05, 0) is 28.4 Å². The Morgan fingerprint density at radius 2 is 2.21 bits per heavy atom. The molecule has 2 N–H and O–H groups in total. The third-order valence-electron chi connectivity index (χ3n) is 2.85. The lowest BCUT2D eigenvalue weighted by molar-refractivity contribution is 0.0999. The SMILES string of the molecule is CCc1nc2cc(OC)c(Br)cc2c(Cl)c1C(N)=O. The van der Waals surface area contributed by atoms with Crippen molar-refractivity contribution < 1.29 is 9.53 Å². The van der Waals surface area contributed by atoms with Crippen molar-refractivity contribution in [2.45, 2.75) is 13.3 Å². The van der Waals surface area contributed by atoms with Gasteiger partial charge in [0.1, 0.15) is 5.75 Å². The number of benzene rings is 1. The topological polar surface area (TPSA) is 65.2 Å². The van der Waals surface area contributed by atoms with E-state index in [1.54, 1.807) is 19.2 Å².